The first-order valence-electron chi connectivity index (χ1n) is 5.54. The molecule has 0 aromatic carbocycles. The van der Waals surface area contributed by atoms with E-state index in [1.165, 1.54) is 0 Å². The van der Waals surface area contributed by atoms with E-state index >= 15 is 0 Å². The minimum absolute atomic E-state index is 0.369. The number of aromatic nitrogens is 3. The molecule has 100 valence electrons. The van der Waals surface area contributed by atoms with Crippen LogP contribution in [-0.2, 0) is 5.75 Å². The van der Waals surface area contributed by atoms with E-state index in [-0.39, 0.29) is 0 Å². The summed E-state index contributed by atoms with van der Waals surface area (Å²) >= 11 is 9.99. The topological polar surface area (TPSA) is 51.1 Å². The molecule has 5 nitrogen and oxygen atoms in total. The predicted molar refractivity (Wildman–Crippen MR) is 78.4 cm³/mol. The van der Waals surface area contributed by atoms with Gasteiger partial charge in [-0.1, -0.05) is 11.6 Å². The maximum Gasteiger partial charge on any atom is 0.224 e. The quantitative estimate of drug-likeness (QED) is 0.694. The average molecular weight is 297 g/mol. The van der Waals surface area contributed by atoms with Crippen LogP contribution >= 0.6 is 24.2 Å². The molecule has 0 aliphatic rings. The maximum absolute atomic E-state index is 5.81. The molecule has 0 unspecified atom stereocenters. The molecule has 0 saturated heterocycles. The van der Waals surface area contributed by atoms with Gasteiger partial charge < -0.3 is 9.64 Å². The van der Waals surface area contributed by atoms with Crippen LogP contribution in [-0.4, -0.2) is 29.0 Å². The summed E-state index contributed by atoms with van der Waals surface area (Å²) in [5, 5.41) is 0.369. The van der Waals surface area contributed by atoms with Crippen molar-refractivity contribution in [1.29, 1.82) is 0 Å². The van der Waals surface area contributed by atoms with Crippen molar-refractivity contribution in [2.75, 3.05) is 19.0 Å². The molecular formula is C12H13ClN4OS. The van der Waals surface area contributed by atoms with E-state index in [0.717, 1.165) is 5.82 Å². The molecule has 0 atom stereocenters. The zero-order valence-corrected chi connectivity index (χ0v) is 12.2. The second-order valence-electron chi connectivity index (χ2n) is 3.95. The van der Waals surface area contributed by atoms with Crippen molar-refractivity contribution in [2.45, 2.75) is 5.75 Å². The summed E-state index contributed by atoms with van der Waals surface area (Å²) in [6, 6.07) is 5.09. The molecule has 0 amide bonds. The molecule has 2 heterocycles. The molecule has 0 fully saturated rings. The second-order valence-corrected chi connectivity index (χ2v) is 4.65. The standard InChI is InChI=1S/C12H13ClN4OS/c1-17(2)11-6-12(16-10(7-19)15-11)18-8-3-4-14-9(13)5-8/h3-6,19H,7H2,1-2H3. The molecule has 0 aliphatic carbocycles. The van der Waals surface area contributed by atoms with Gasteiger partial charge in [-0.3, -0.25) is 0 Å². The fourth-order valence-electron chi connectivity index (χ4n) is 1.38. The van der Waals surface area contributed by atoms with Gasteiger partial charge in [-0.05, 0) is 6.07 Å². The number of halogens is 1. The minimum atomic E-state index is 0.369. The van der Waals surface area contributed by atoms with Crippen LogP contribution in [0.3, 0.4) is 0 Å². The Morgan fingerprint density at radius 3 is 2.74 bits per heavy atom. The SMILES string of the molecule is CN(C)c1cc(Oc2ccnc(Cl)c2)nc(CS)n1. The Kier molecular flexibility index (Phi) is 4.44. The molecule has 7 heteroatoms. The van der Waals surface area contributed by atoms with Crippen LogP contribution in [0.15, 0.2) is 24.4 Å². The third-order valence-electron chi connectivity index (χ3n) is 2.26. The van der Waals surface area contributed by atoms with E-state index < -0.39 is 0 Å². The highest BCUT2D eigenvalue weighted by Crippen LogP contribution is 2.24. The molecule has 0 bridgehead atoms. The van der Waals surface area contributed by atoms with Crippen LogP contribution in [0.2, 0.25) is 5.15 Å². The number of hydrogen-bond donors (Lipinski definition) is 1. The van der Waals surface area contributed by atoms with Crippen LogP contribution < -0.4 is 9.64 Å². The van der Waals surface area contributed by atoms with Gasteiger partial charge in [-0.15, -0.1) is 0 Å². The number of thiol groups is 1. The summed E-state index contributed by atoms with van der Waals surface area (Å²) in [7, 11) is 3.80. The maximum atomic E-state index is 5.81. The first kappa shape index (κ1) is 13.9. The van der Waals surface area contributed by atoms with E-state index in [1.807, 2.05) is 19.0 Å². The Morgan fingerprint density at radius 1 is 1.32 bits per heavy atom. The molecule has 0 spiro atoms. The van der Waals surface area contributed by atoms with E-state index in [9.17, 15) is 0 Å². The van der Waals surface area contributed by atoms with Crippen molar-refractivity contribution in [2.24, 2.45) is 0 Å². The third kappa shape index (κ3) is 3.71. The fourth-order valence-corrected chi connectivity index (χ4v) is 1.69. The predicted octanol–water partition coefficient (Wildman–Crippen LogP) is 2.81. The van der Waals surface area contributed by atoms with Crippen molar-refractivity contribution in [3.8, 4) is 11.6 Å². The number of rotatable bonds is 4. The zero-order chi connectivity index (χ0) is 13.8. The van der Waals surface area contributed by atoms with Crippen LogP contribution in [0.25, 0.3) is 0 Å². The molecule has 0 saturated carbocycles. The Morgan fingerprint density at radius 2 is 2.11 bits per heavy atom. The Bertz CT molecular complexity index is 579. The van der Waals surface area contributed by atoms with E-state index in [2.05, 4.69) is 27.6 Å². The van der Waals surface area contributed by atoms with Crippen LogP contribution in [0.4, 0.5) is 5.82 Å². The van der Waals surface area contributed by atoms with Crippen molar-refractivity contribution in [3.63, 3.8) is 0 Å². The summed E-state index contributed by atoms with van der Waals surface area (Å²) in [6.07, 6.45) is 1.57. The van der Waals surface area contributed by atoms with Crippen molar-refractivity contribution < 1.29 is 4.74 Å². The fraction of sp³-hybridized carbons (Fsp3) is 0.250. The minimum Gasteiger partial charge on any atom is -0.439 e. The van der Waals surface area contributed by atoms with Gasteiger partial charge in [0.05, 0.1) is 5.75 Å². The molecule has 2 aromatic rings. The largest absolute Gasteiger partial charge is 0.439 e. The molecule has 2 rings (SSSR count). The zero-order valence-electron chi connectivity index (χ0n) is 10.5. The van der Waals surface area contributed by atoms with Gasteiger partial charge in [0.1, 0.15) is 22.5 Å². The van der Waals surface area contributed by atoms with Crippen molar-refractivity contribution in [1.82, 2.24) is 15.0 Å². The first-order chi connectivity index (χ1) is 9.08. The van der Waals surface area contributed by atoms with Gasteiger partial charge in [0.2, 0.25) is 5.88 Å². The first-order valence-corrected chi connectivity index (χ1v) is 6.55. The lowest BCUT2D eigenvalue weighted by Crippen LogP contribution is -2.12. The number of pyridine rings is 1. The number of anilines is 1. The van der Waals surface area contributed by atoms with Gasteiger partial charge in [-0.25, -0.2) is 9.97 Å². The smallest absolute Gasteiger partial charge is 0.224 e. The second kappa shape index (κ2) is 6.08. The van der Waals surface area contributed by atoms with Gasteiger partial charge in [0, 0.05) is 32.4 Å². The molecular weight excluding hydrogens is 284 g/mol. The van der Waals surface area contributed by atoms with Crippen LogP contribution in [0.1, 0.15) is 5.82 Å². The number of nitrogens with zero attached hydrogens (tertiary/aromatic N) is 4. The Balaban J connectivity index is 2.31. The lowest BCUT2D eigenvalue weighted by Gasteiger charge is -2.13. The lowest BCUT2D eigenvalue weighted by molar-refractivity contribution is 0.459. The summed E-state index contributed by atoms with van der Waals surface area (Å²) in [4.78, 5) is 14.4. The molecule has 2 aromatic heterocycles. The normalized spacial score (nSPS) is 10.3. The molecule has 0 radical (unpaired) electrons. The van der Waals surface area contributed by atoms with Crippen LogP contribution in [0.5, 0.6) is 11.6 Å². The summed E-state index contributed by atoms with van der Waals surface area (Å²) in [5.41, 5.74) is 0. The van der Waals surface area contributed by atoms with Crippen molar-refractivity contribution in [3.05, 3.63) is 35.4 Å². The summed E-state index contributed by atoms with van der Waals surface area (Å²) < 4.78 is 5.66. The molecule has 0 aliphatic heterocycles. The van der Waals surface area contributed by atoms with E-state index in [1.54, 1.807) is 24.4 Å². The van der Waals surface area contributed by atoms with Crippen LogP contribution in [0, 0.1) is 0 Å². The van der Waals surface area contributed by atoms with E-state index in [4.69, 9.17) is 16.3 Å². The Hall–Kier alpha value is -1.53. The van der Waals surface area contributed by atoms with Gasteiger partial charge in [-0.2, -0.15) is 17.6 Å². The Labute approximate surface area is 122 Å². The summed E-state index contributed by atoms with van der Waals surface area (Å²) in [5.74, 6) is 2.83. The third-order valence-corrected chi connectivity index (χ3v) is 2.75. The van der Waals surface area contributed by atoms with Crippen molar-refractivity contribution >= 4 is 30.0 Å². The van der Waals surface area contributed by atoms with Gasteiger partial charge >= 0.3 is 0 Å². The monoisotopic (exact) mass is 296 g/mol. The van der Waals surface area contributed by atoms with Gasteiger partial charge in [0.25, 0.3) is 0 Å². The van der Waals surface area contributed by atoms with E-state index in [0.29, 0.717) is 28.4 Å². The highest BCUT2D eigenvalue weighted by molar-refractivity contribution is 7.79. The summed E-state index contributed by atoms with van der Waals surface area (Å²) in [6.45, 7) is 0. The molecule has 0 N–H and O–H groups in total. The highest BCUT2D eigenvalue weighted by Gasteiger charge is 2.07. The highest BCUT2D eigenvalue weighted by atomic mass is 35.5. The number of hydrogen-bond acceptors (Lipinski definition) is 6. The lowest BCUT2D eigenvalue weighted by atomic mass is 10.4. The van der Waals surface area contributed by atoms with Gasteiger partial charge in [0.15, 0.2) is 0 Å². The molecule has 19 heavy (non-hydrogen) atoms. The average Bonchev–Trinajstić information content (AvgIpc) is 2.38. The number of ether oxygens (including phenoxy) is 1.